The van der Waals surface area contributed by atoms with Gasteiger partial charge in [0.15, 0.2) is 0 Å². The second-order valence-electron chi connectivity index (χ2n) is 8.94. The number of hydrogen-bond acceptors (Lipinski definition) is 5. The first-order valence-electron chi connectivity index (χ1n) is 12.3. The van der Waals surface area contributed by atoms with Gasteiger partial charge in [0.1, 0.15) is 12.4 Å². The molecule has 1 heterocycles. The monoisotopic (exact) mass is 492 g/mol. The number of amides is 1. The quantitative estimate of drug-likeness (QED) is 0.281. The van der Waals surface area contributed by atoms with Crippen LogP contribution < -0.4 is 4.74 Å². The van der Waals surface area contributed by atoms with Gasteiger partial charge in [0.2, 0.25) is 5.91 Å². The molecule has 4 aromatic rings. The number of esters is 1. The van der Waals surface area contributed by atoms with Gasteiger partial charge < -0.3 is 9.47 Å². The first-order valence-corrected chi connectivity index (χ1v) is 12.3. The maximum absolute atomic E-state index is 13.3. The molecule has 6 nitrogen and oxygen atoms in total. The Balaban J connectivity index is 1.26. The van der Waals surface area contributed by atoms with Crippen molar-refractivity contribution in [2.75, 3.05) is 7.11 Å². The third-order valence-corrected chi connectivity index (χ3v) is 6.59. The van der Waals surface area contributed by atoms with Gasteiger partial charge in [-0.1, -0.05) is 84.9 Å². The van der Waals surface area contributed by atoms with Crippen LogP contribution in [0.5, 0.6) is 5.75 Å². The fourth-order valence-electron chi connectivity index (χ4n) is 4.60. The van der Waals surface area contributed by atoms with E-state index in [4.69, 9.17) is 9.47 Å². The van der Waals surface area contributed by atoms with Crippen LogP contribution in [0.4, 0.5) is 0 Å². The smallest absolute Gasteiger partial charge is 0.306 e. The van der Waals surface area contributed by atoms with Crippen LogP contribution in [0.2, 0.25) is 0 Å². The number of rotatable bonds is 8. The molecule has 0 fully saturated rings. The van der Waals surface area contributed by atoms with Crippen molar-refractivity contribution in [3.8, 4) is 5.75 Å². The lowest BCUT2D eigenvalue weighted by Gasteiger charge is -2.22. The molecule has 1 aliphatic heterocycles. The standard InChI is InChI=1S/C31H28N2O4/c1-36-26-16-14-24(15-17-26)29-20-28(23-9-3-2-4-10-23)32-33(29)30(34)18-19-31(35)37-21-25-12-7-11-22-8-5-6-13-27(22)25/h2-17,29H,18-21H2,1H3. The minimum Gasteiger partial charge on any atom is -0.497 e. The lowest BCUT2D eigenvalue weighted by Crippen LogP contribution is -2.27. The summed E-state index contributed by atoms with van der Waals surface area (Å²) in [6, 6.07) is 31.1. The molecular weight excluding hydrogens is 464 g/mol. The van der Waals surface area contributed by atoms with Crippen LogP contribution in [-0.2, 0) is 20.9 Å². The summed E-state index contributed by atoms with van der Waals surface area (Å²) in [7, 11) is 1.62. The molecule has 0 bridgehead atoms. The SMILES string of the molecule is COc1ccc(C2CC(c3ccccc3)=NN2C(=O)CCC(=O)OCc2cccc3ccccc23)cc1. The van der Waals surface area contributed by atoms with Crippen molar-refractivity contribution in [2.45, 2.75) is 31.9 Å². The van der Waals surface area contributed by atoms with Crippen LogP contribution in [0.3, 0.4) is 0 Å². The van der Waals surface area contributed by atoms with E-state index in [0.717, 1.165) is 38.9 Å². The Hall–Kier alpha value is -4.45. The molecule has 0 aromatic heterocycles. The Morgan fingerprint density at radius 3 is 2.38 bits per heavy atom. The number of benzene rings is 4. The van der Waals surface area contributed by atoms with Gasteiger partial charge in [0, 0.05) is 12.8 Å². The zero-order valence-electron chi connectivity index (χ0n) is 20.7. The molecule has 0 aliphatic carbocycles. The topological polar surface area (TPSA) is 68.2 Å². The lowest BCUT2D eigenvalue weighted by atomic mass is 9.98. The fraction of sp³-hybridized carbons (Fsp3) is 0.194. The number of methoxy groups -OCH3 is 1. The van der Waals surface area contributed by atoms with E-state index >= 15 is 0 Å². The van der Waals surface area contributed by atoms with Crippen LogP contribution in [-0.4, -0.2) is 29.7 Å². The second kappa shape index (κ2) is 11.1. The molecule has 5 rings (SSSR count). The summed E-state index contributed by atoms with van der Waals surface area (Å²) >= 11 is 0. The van der Waals surface area contributed by atoms with Crippen molar-refractivity contribution in [1.29, 1.82) is 0 Å². The number of hydrogen-bond donors (Lipinski definition) is 0. The summed E-state index contributed by atoms with van der Waals surface area (Å²) in [6.07, 6.45) is 0.603. The molecule has 6 heteroatoms. The summed E-state index contributed by atoms with van der Waals surface area (Å²) in [5, 5.41) is 8.34. The molecule has 0 radical (unpaired) electrons. The number of carbonyl (C=O) groups excluding carboxylic acids is 2. The highest BCUT2D eigenvalue weighted by atomic mass is 16.5. The normalized spacial score (nSPS) is 14.9. The molecule has 0 saturated heterocycles. The molecule has 0 N–H and O–H groups in total. The van der Waals surface area contributed by atoms with Crippen molar-refractivity contribution in [1.82, 2.24) is 5.01 Å². The Kier molecular flexibility index (Phi) is 7.26. The van der Waals surface area contributed by atoms with Crippen LogP contribution in [0, 0.1) is 0 Å². The molecule has 37 heavy (non-hydrogen) atoms. The Labute approximate surface area is 216 Å². The third kappa shape index (κ3) is 5.54. The minimum absolute atomic E-state index is 0.00831. The first kappa shape index (κ1) is 24.3. The molecule has 1 unspecified atom stereocenters. The maximum Gasteiger partial charge on any atom is 0.306 e. The van der Waals surface area contributed by atoms with Gasteiger partial charge in [-0.3, -0.25) is 9.59 Å². The molecule has 4 aromatic carbocycles. The van der Waals surface area contributed by atoms with Crippen molar-refractivity contribution in [2.24, 2.45) is 5.10 Å². The molecular formula is C31H28N2O4. The number of nitrogens with zero attached hydrogens (tertiary/aromatic N) is 2. The van der Waals surface area contributed by atoms with Gasteiger partial charge in [-0.25, -0.2) is 5.01 Å². The van der Waals surface area contributed by atoms with Gasteiger partial charge >= 0.3 is 5.97 Å². The Morgan fingerprint density at radius 2 is 1.59 bits per heavy atom. The molecule has 0 spiro atoms. The second-order valence-corrected chi connectivity index (χ2v) is 8.94. The van der Waals surface area contributed by atoms with E-state index in [1.54, 1.807) is 7.11 Å². The van der Waals surface area contributed by atoms with E-state index in [9.17, 15) is 9.59 Å². The summed E-state index contributed by atoms with van der Waals surface area (Å²) in [5.41, 5.74) is 3.72. The summed E-state index contributed by atoms with van der Waals surface area (Å²) < 4.78 is 10.8. The third-order valence-electron chi connectivity index (χ3n) is 6.59. The fourth-order valence-corrected chi connectivity index (χ4v) is 4.60. The molecule has 0 saturated carbocycles. The van der Waals surface area contributed by atoms with Gasteiger partial charge in [0.25, 0.3) is 0 Å². The summed E-state index contributed by atoms with van der Waals surface area (Å²) in [6.45, 7) is 0.170. The average Bonchev–Trinajstić information content (AvgIpc) is 3.41. The van der Waals surface area contributed by atoms with Crippen molar-refractivity contribution in [3.05, 3.63) is 114 Å². The lowest BCUT2D eigenvalue weighted by molar-refractivity contribution is -0.147. The van der Waals surface area contributed by atoms with Crippen molar-refractivity contribution < 1.29 is 19.1 Å². The maximum atomic E-state index is 13.3. The van der Waals surface area contributed by atoms with Gasteiger partial charge in [0.05, 0.1) is 25.3 Å². The highest BCUT2D eigenvalue weighted by Gasteiger charge is 2.33. The van der Waals surface area contributed by atoms with Crippen molar-refractivity contribution in [3.63, 3.8) is 0 Å². The van der Waals surface area contributed by atoms with Crippen LogP contribution in [0.25, 0.3) is 10.8 Å². The number of hydrazone groups is 1. The number of carbonyl (C=O) groups is 2. The highest BCUT2D eigenvalue weighted by molar-refractivity contribution is 6.03. The van der Waals surface area contributed by atoms with Crippen LogP contribution >= 0.6 is 0 Å². The minimum atomic E-state index is -0.409. The summed E-state index contributed by atoms with van der Waals surface area (Å²) in [5.74, 6) is 0.125. The van der Waals surface area contributed by atoms with Gasteiger partial charge in [-0.2, -0.15) is 5.10 Å². The summed E-state index contributed by atoms with van der Waals surface area (Å²) in [4.78, 5) is 25.8. The number of ether oxygens (including phenoxy) is 2. The van der Waals surface area contributed by atoms with Gasteiger partial charge in [-0.05, 0) is 39.6 Å². The van der Waals surface area contributed by atoms with Crippen molar-refractivity contribution >= 4 is 28.4 Å². The van der Waals surface area contributed by atoms with E-state index in [2.05, 4.69) is 5.10 Å². The highest BCUT2D eigenvalue weighted by Crippen LogP contribution is 2.34. The Bertz CT molecular complexity index is 1430. The van der Waals surface area contributed by atoms with E-state index in [1.165, 1.54) is 5.01 Å². The first-order chi connectivity index (χ1) is 18.1. The van der Waals surface area contributed by atoms with Crippen LogP contribution in [0.15, 0.2) is 102 Å². The Morgan fingerprint density at radius 1 is 0.865 bits per heavy atom. The van der Waals surface area contributed by atoms with E-state index in [0.29, 0.717) is 6.42 Å². The zero-order chi connectivity index (χ0) is 25.6. The molecule has 1 amide bonds. The van der Waals surface area contributed by atoms with Gasteiger partial charge in [-0.15, -0.1) is 0 Å². The number of fused-ring (bicyclic) bond motifs is 1. The van der Waals surface area contributed by atoms with Crippen LogP contribution in [0.1, 0.15) is 42.0 Å². The van der Waals surface area contributed by atoms with E-state index < -0.39 is 5.97 Å². The average molecular weight is 493 g/mol. The molecule has 1 atom stereocenters. The largest absolute Gasteiger partial charge is 0.497 e. The predicted octanol–water partition coefficient (Wildman–Crippen LogP) is 6.05. The predicted molar refractivity (Wildman–Crippen MR) is 143 cm³/mol. The van der Waals surface area contributed by atoms with E-state index in [-0.39, 0.29) is 31.4 Å². The van der Waals surface area contributed by atoms with E-state index in [1.807, 2.05) is 97.1 Å². The molecule has 1 aliphatic rings. The zero-order valence-corrected chi connectivity index (χ0v) is 20.7. The molecule has 186 valence electrons.